The average molecular weight is 429 g/mol. The first kappa shape index (κ1) is 19.1. The van der Waals surface area contributed by atoms with Crippen LogP contribution in [0.15, 0.2) is 24.5 Å². The molecule has 0 radical (unpaired) electrons. The van der Waals surface area contributed by atoms with Crippen LogP contribution in [0.2, 0.25) is 0 Å². The summed E-state index contributed by atoms with van der Waals surface area (Å²) in [4.78, 5) is 29.9. The molecule has 0 unspecified atom stereocenters. The van der Waals surface area contributed by atoms with Crippen molar-refractivity contribution < 1.29 is 9.53 Å². The lowest BCUT2D eigenvalue weighted by Crippen LogP contribution is -2.40. The molecule has 0 bridgehead atoms. The number of hydrogen-bond donors (Lipinski definition) is 0. The van der Waals surface area contributed by atoms with E-state index >= 15 is 0 Å². The molecule has 0 N–H and O–H groups in total. The Hall–Kier alpha value is -1.87. The number of likely N-dealkylation sites (tertiary alicyclic amines) is 1. The summed E-state index contributed by atoms with van der Waals surface area (Å²) in [5.74, 6) is 0.504. The number of nitrogens with zero attached hydrogens (tertiary/aromatic N) is 4. The van der Waals surface area contributed by atoms with E-state index in [4.69, 9.17) is 4.74 Å². The van der Waals surface area contributed by atoms with Gasteiger partial charge in [-0.3, -0.25) is 9.69 Å². The van der Waals surface area contributed by atoms with Crippen LogP contribution in [-0.2, 0) is 11.3 Å². The number of pyridine rings is 1. The van der Waals surface area contributed by atoms with Crippen LogP contribution in [0, 0.1) is 6.92 Å². The monoisotopic (exact) mass is 428 g/mol. The van der Waals surface area contributed by atoms with Crippen LogP contribution < -0.4 is 0 Å². The number of thiophene rings is 1. The Labute approximate surface area is 178 Å². The molecule has 1 atom stereocenters. The number of thiazole rings is 1. The van der Waals surface area contributed by atoms with Crippen molar-refractivity contribution in [1.29, 1.82) is 0 Å². The second kappa shape index (κ2) is 8.10. The van der Waals surface area contributed by atoms with Crippen molar-refractivity contribution in [1.82, 2.24) is 19.8 Å². The van der Waals surface area contributed by atoms with E-state index in [9.17, 15) is 4.79 Å². The van der Waals surface area contributed by atoms with Crippen molar-refractivity contribution in [3.8, 4) is 0 Å². The molecule has 5 rings (SSSR count). The number of aromatic nitrogens is 2. The van der Waals surface area contributed by atoms with E-state index in [1.54, 1.807) is 22.7 Å². The maximum Gasteiger partial charge on any atom is 0.264 e. The topological polar surface area (TPSA) is 58.6 Å². The standard InChI is InChI=1S/C21H24N4O2S2/c1-14-23-11-16(28-14)13-24-6-4-15(12-24)18-17-3-2-5-22-20(17)29-19(18)21(26)25-7-9-27-10-8-25/h2-3,5,11,15H,4,6-10,12-13H2,1H3/t15-/m0/s1. The summed E-state index contributed by atoms with van der Waals surface area (Å²) in [5.41, 5.74) is 1.21. The van der Waals surface area contributed by atoms with Gasteiger partial charge in [0.15, 0.2) is 0 Å². The Morgan fingerprint density at radius 1 is 1.24 bits per heavy atom. The van der Waals surface area contributed by atoms with Crippen molar-refractivity contribution in [2.45, 2.75) is 25.8 Å². The van der Waals surface area contributed by atoms with Gasteiger partial charge in [0.1, 0.15) is 4.83 Å². The number of fused-ring (bicyclic) bond motifs is 1. The highest BCUT2D eigenvalue weighted by molar-refractivity contribution is 7.20. The zero-order chi connectivity index (χ0) is 19.8. The first-order chi connectivity index (χ1) is 14.2. The minimum absolute atomic E-state index is 0.142. The minimum Gasteiger partial charge on any atom is -0.378 e. The first-order valence-electron chi connectivity index (χ1n) is 10.1. The molecule has 0 spiro atoms. The molecule has 2 saturated heterocycles. The largest absolute Gasteiger partial charge is 0.378 e. The van der Waals surface area contributed by atoms with Gasteiger partial charge in [0.05, 0.1) is 23.1 Å². The molecule has 0 saturated carbocycles. The number of carbonyl (C=O) groups is 1. The molecular weight excluding hydrogens is 404 g/mol. The van der Waals surface area contributed by atoms with Crippen LogP contribution >= 0.6 is 22.7 Å². The lowest BCUT2D eigenvalue weighted by atomic mass is 9.95. The fourth-order valence-corrected chi connectivity index (χ4v) is 6.37. The summed E-state index contributed by atoms with van der Waals surface area (Å²) < 4.78 is 5.43. The summed E-state index contributed by atoms with van der Waals surface area (Å²) in [6, 6.07) is 4.10. The Morgan fingerprint density at radius 2 is 2.10 bits per heavy atom. The summed E-state index contributed by atoms with van der Waals surface area (Å²) in [6.07, 6.45) is 4.88. The Kier molecular flexibility index (Phi) is 5.34. The Balaban J connectivity index is 1.43. The Morgan fingerprint density at radius 3 is 2.90 bits per heavy atom. The van der Waals surface area contributed by atoms with Crippen LogP contribution in [0.4, 0.5) is 0 Å². The fraction of sp³-hybridized carbons (Fsp3) is 0.476. The molecule has 152 valence electrons. The van der Waals surface area contributed by atoms with Crippen LogP contribution in [-0.4, -0.2) is 65.1 Å². The van der Waals surface area contributed by atoms with E-state index < -0.39 is 0 Å². The maximum atomic E-state index is 13.4. The molecule has 29 heavy (non-hydrogen) atoms. The predicted octanol–water partition coefficient (Wildman–Crippen LogP) is 3.52. The maximum absolute atomic E-state index is 13.4. The number of amides is 1. The van der Waals surface area contributed by atoms with E-state index in [1.807, 2.05) is 23.4 Å². The molecule has 2 aliphatic rings. The lowest BCUT2D eigenvalue weighted by molar-refractivity contribution is 0.0305. The second-order valence-corrected chi connectivity index (χ2v) is 9.99. The van der Waals surface area contributed by atoms with Crippen LogP contribution in [0.1, 0.15) is 37.5 Å². The number of morpholine rings is 1. The summed E-state index contributed by atoms with van der Waals surface area (Å²) in [7, 11) is 0. The van der Waals surface area contributed by atoms with E-state index in [-0.39, 0.29) is 5.91 Å². The Bertz CT molecular complexity index is 1020. The molecule has 2 fully saturated rings. The highest BCUT2D eigenvalue weighted by atomic mass is 32.1. The minimum atomic E-state index is 0.142. The van der Waals surface area contributed by atoms with Crippen LogP contribution in [0.25, 0.3) is 10.2 Å². The zero-order valence-corrected chi connectivity index (χ0v) is 18.1. The highest BCUT2D eigenvalue weighted by Gasteiger charge is 2.33. The summed E-state index contributed by atoms with van der Waals surface area (Å²) in [5, 5.41) is 2.26. The molecule has 3 aromatic rings. The summed E-state index contributed by atoms with van der Waals surface area (Å²) in [6.45, 7) is 7.59. The van der Waals surface area contributed by atoms with E-state index in [2.05, 4.69) is 27.9 Å². The molecule has 5 heterocycles. The SMILES string of the molecule is Cc1ncc(CN2CC[C@H](c3c(C(=O)N4CCOCC4)sc4ncccc34)C2)s1. The van der Waals surface area contributed by atoms with Crippen molar-refractivity contribution in [3.63, 3.8) is 0 Å². The number of ether oxygens (including phenoxy) is 1. The van der Waals surface area contributed by atoms with Gasteiger partial charge in [-0.05, 0) is 31.5 Å². The number of carbonyl (C=O) groups excluding carboxylic acids is 1. The molecule has 8 heteroatoms. The molecule has 0 aliphatic carbocycles. The van der Waals surface area contributed by atoms with Crippen molar-refractivity contribution >= 4 is 38.8 Å². The number of hydrogen-bond acceptors (Lipinski definition) is 7. The zero-order valence-electron chi connectivity index (χ0n) is 16.5. The summed E-state index contributed by atoms with van der Waals surface area (Å²) >= 11 is 3.32. The van der Waals surface area contributed by atoms with Gasteiger partial charge in [-0.1, -0.05) is 6.07 Å². The third-order valence-electron chi connectivity index (χ3n) is 5.73. The molecular formula is C21H24N4O2S2. The molecule has 2 aliphatic heterocycles. The highest BCUT2D eigenvalue weighted by Crippen LogP contribution is 2.40. The van der Waals surface area contributed by atoms with E-state index in [0.717, 1.165) is 46.2 Å². The van der Waals surface area contributed by atoms with Gasteiger partial charge in [0.25, 0.3) is 5.91 Å². The van der Waals surface area contributed by atoms with Crippen molar-refractivity contribution in [2.75, 3.05) is 39.4 Å². The van der Waals surface area contributed by atoms with Gasteiger partial charge < -0.3 is 9.64 Å². The third-order valence-corrected chi connectivity index (χ3v) is 7.74. The molecule has 3 aromatic heterocycles. The van der Waals surface area contributed by atoms with Gasteiger partial charge in [0.2, 0.25) is 0 Å². The fourth-order valence-electron chi connectivity index (χ4n) is 4.34. The first-order valence-corrected chi connectivity index (χ1v) is 11.7. The van der Waals surface area contributed by atoms with Crippen molar-refractivity contribution in [3.05, 3.63) is 44.9 Å². The number of aryl methyl sites for hydroxylation is 1. The van der Waals surface area contributed by atoms with Gasteiger partial charge in [-0.25, -0.2) is 9.97 Å². The molecule has 0 aromatic carbocycles. The molecule has 6 nitrogen and oxygen atoms in total. The van der Waals surface area contributed by atoms with E-state index in [0.29, 0.717) is 32.2 Å². The quantitative estimate of drug-likeness (QED) is 0.636. The van der Waals surface area contributed by atoms with Crippen molar-refractivity contribution in [2.24, 2.45) is 0 Å². The van der Waals surface area contributed by atoms with E-state index in [1.165, 1.54) is 10.4 Å². The van der Waals surface area contributed by atoms with Gasteiger partial charge >= 0.3 is 0 Å². The lowest BCUT2D eigenvalue weighted by Gasteiger charge is -2.27. The second-order valence-electron chi connectivity index (χ2n) is 7.67. The number of rotatable bonds is 4. The average Bonchev–Trinajstić information content (AvgIpc) is 3.46. The van der Waals surface area contributed by atoms with Crippen LogP contribution in [0.3, 0.4) is 0 Å². The normalized spacial score (nSPS) is 20.6. The predicted molar refractivity (Wildman–Crippen MR) is 116 cm³/mol. The smallest absolute Gasteiger partial charge is 0.264 e. The van der Waals surface area contributed by atoms with Gasteiger partial charge in [0, 0.05) is 54.8 Å². The third kappa shape index (κ3) is 3.82. The van der Waals surface area contributed by atoms with Gasteiger partial charge in [-0.2, -0.15) is 0 Å². The van der Waals surface area contributed by atoms with Gasteiger partial charge in [-0.15, -0.1) is 22.7 Å². The van der Waals surface area contributed by atoms with Crippen LogP contribution in [0.5, 0.6) is 0 Å². The molecule has 1 amide bonds.